The van der Waals surface area contributed by atoms with Crippen LogP contribution in [-0.2, 0) is 17.4 Å². The second-order valence-electron chi connectivity index (χ2n) is 7.43. The third-order valence-electron chi connectivity index (χ3n) is 3.25. The van der Waals surface area contributed by atoms with Gasteiger partial charge in [0, 0.05) is 0 Å². The first kappa shape index (κ1) is 44.6. The van der Waals surface area contributed by atoms with Crippen LogP contribution in [0.3, 0.4) is 0 Å². The topological polar surface area (TPSA) is 0 Å². The number of rotatable bonds is 2. The van der Waals surface area contributed by atoms with Gasteiger partial charge in [-0.1, -0.05) is 54.6 Å². The molecule has 0 atom stereocenters. The largest absolute Gasteiger partial charge is 5.00 e. The van der Waals surface area contributed by atoms with Gasteiger partial charge in [0.1, 0.15) is 0 Å². The van der Waals surface area contributed by atoms with Gasteiger partial charge in [-0.3, -0.25) is 6.08 Å². The van der Waals surface area contributed by atoms with Crippen LogP contribution in [0.15, 0.2) is 17.3 Å². The molecule has 1 radical (unpaired) electrons. The third kappa shape index (κ3) is 11.1. The van der Waals surface area contributed by atoms with Gasteiger partial charge in [0.2, 0.25) is 0 Å². The molecule has 5 heteroatoms. The molecule has 0 unspecified atom stereocenters. The molecule has 0 saturated carbocycles. The zero-order valence-electron chi connectivity index (χ0n) is 18.0. The summed E-state index contributed by atoms with van der Waals surface area (Å²) in [5, 5.41) is 2.41. The van der Waals surface area contributed by atoms with Crippen molar-refractivity contribution in [3.63, 3.8) is 0 Å². The summed E-state index contributed by atoms with van der Waals surface area (Å²) in [6.45, 7) is 19.7. The normalized spacial score (nSPS) is 12.6. The van der Waals surface area contributed by atoms with E-state index in [1.165, 1.54) is 0 Å². The molecule has 0 fully saturated rings. The van der Waals surface area contributed by atoms with Crippen molar-refractivity contribution < 1.29 is 17.4 Å². The molecule has 1 aliphatic rings. The fourth-order valence-corrected chi connectivity index (χ4v) is 21.5. The van der Waals surface area contributed by atoms with Gasteiger partial charge < -0.3 is 29.7 Å². The minimum atomic E-state index is -1.39. The second-order valence-corrected chi connectivity index (χ2v) is 19.1. The summed E-state index contributed by atoms with van der Waals surface area (Å²) in [7, 11) is -1.40. The molecule has 0 aromatic rings. The summed E-state index contributed by atoms with van der Waals surface area (Å²) in [5.74, 6) is 0. The van der Waals surface area contributed by atoms with Crippen molar-refractivity contribution in [2.75, 3.05) is 0 Å². The molecule has 1 rings (SSSR count). The molecule has 24 heavy (non-hydrogen) atoms. The van der Waals surface area contributed by atoms with Crippen LogP contribution in [-0.4, -0.2) is 18.1 Å². The van der Waals surface area contributed by atoms with Crippen LogP contribution in [0, 0.1) is 35.8 Å². The van der Waals surface area contributed by atoms with E-state index in [-0.39, 0.29) is 79.4 Å². The quantitative estimate of drug-likeness (QED) is 0.225. The molecule has 0 bridgehead atoms. The Hall–Kier alpha value is 1.24. The summed E-state index contributed by atoms with van der Waals surface area (Å²) in [5.41, 5.74) is 0. The fraction of sp³-hybridized carbons (Fsp3) is 0.579. The molecule has 0 nitrogen and oxygen atoms in total. The van der Waals surface area contributed by atoms with Gasteiger partial charge in [-0.05, 0) is 10.3 Å². The van der Waals surface area contributed by atoms with Gasteiger partial charge in [0.25, 0.3) is 0 Å². The molecular weight excluding hydrogens is 410 g/mol. The van der Waals surface area contributed by atoms with Gasteiger partial charge in [0.05, 0.1) is 7.74 Å². The van der Waals surface area contributed by atoms with E-state index in [1.807, 2.05) is 0 Å². The number of halogens is 2. The maximum atomic E-state index is 3.61. The molecule has 0 saturated heterocycles. The number of hydrogen-bond acceptors (Lipinski definition) is 0. The Morgan fingerprint density at radius 2 is 1.21 bits per heavy atom. The molecule has 0 amide bonds. The summed E-state index contributed by atoms with van der Waals surface area (Å²) in [6, 6.07) is 0. The smallest absolute Gasteiger partial charge is 0.358 e. The van der Waals surface area contributed by atoms with E-state index in [2.05, 4.69) is 72.9 Å². The van der Waals surface area contributed by atoms with E-state index < -0.39 is 7.74 Å². The summed E-state index contributed by atoms with van der Waals surface area (Å²) in [4.78, 5) is 0. The van der Waals surface area contributed by atoms with Crippen LogP contribution in [0.25, 0.3) is 0 Å². The zero-order chi connectivity index (χ0) is 13.5. The van der Waals surface area contributed by atoms with Gasteiger partial charge >= 0.3 is 17.4 Å². The Morgan fingerprint density at radius 3 is 1.42 bits per heavy atom. The minimum Gasteiger partial charge on any atom is -0.358 e. The monoisotopic (exact) mass is 451 g/mol. The Kier molecular flexibility index (Phi) is 28.4. The predicted molar refractivity (Wildman–Crippen MR) is 125 cm³/mol. The Labute approximate surface area is 181 Å². The Bertz CT molecular complexity index is 339. The van der Waals surface area contributed by atoms with E-state index in [0.29, 0.717) is 10.3 Å². The molecule has 0 aliphatic heterocycles. The minimum absolute atomic E-state index is 0. The summed E-state index contributed by atoms with van der Waals surface area (Å²) >= 11 is 0. The van der Waals surface area contributed by atoms with Crippen molar-refractivity contribution in [1.82, 2.24) is 0 Å². The van der Waals surface area contributed by atoms with Gasteiger partial charge in [0.15, 0.2) is 0 Å². The fourth-order valence-electron chi connectivity index (χ4n) is 3.63. The molecule has 0 heterocycles. The molecule has 0 N–H and O–H groups in total. The summed E-state index contributed by atoms with van der Waals surface area (Å²) < 4.78 is 0. The molecule has 0 aromatic heterocycles. The van der Waals surface area contributed by atoms with E-state index in [1.54, 1.807) is 5.20 Å². The molecular formula is C19H42Cl2CrPSi. The SMILES string of the molecule is CC(C)(C)P(C(C)(C)C)[Si](C)(C)C1=[C-]CC=C1.Cl.Cl.[CH3-].[CH3-].[CH3-].[CH3-].[Cr+5]. The van der Waals surface area contributed by atoms with Crippen LogP contribution in [0.1, 0.15) is 48.0 Å². The first-order valence-electron chi connectivity index (χ1n) is 6.55. The Morgan fingerprint density at radius 1 is 0.875 bits per heavy atom. The molecule has 1 aliphatic carbocycles. The van der Waals surface area contributed by atoms with Crippen molar-refractivity contribution >= 4 is 40.0 Å². The second kappa shape index (κ2) is 15.3. The summed E-state index contributed by atoms with van der Waals surface area (Å²) in [6.07, 6.45) is 9.25. The van der Waals surface area contributed by atoms with Crippen molar-refractivity contribution in [3.05, 3.63) is 53.1 Å². The van der Waals surface area contributed by atoms with Gasteiger partial charge in [-0.25, -0.2) is 11.3 Å². The first-order valence-corrected chi connectivity index (χ1v) is 11.7. The van der Waals surface area contributed by atoms with Crippen LogP contribution in [0.4, 0.5) is 0 Å². The van der Waals surface area contributed by atoms with E-state index in [4.69, 9.17) is 0 Å². The molecule has 0 spiro atoms. The van der Waals surface area contributed by atoms with Gasteiger partial charge in [-0.15, -0.1) is 38.7 Å². The molecule has 0 aromatic carbocycles. The average molecular weight is 453 g/mol. The van der Waals surface area contributed by atoms with E-state index in [9.17, 15) is 0 Å². The van der Waals surface area contributed by atoms with E-state index >= 15 is 0 Å². The standard InChI is InChI=1S/C15H28PSi.4CH3.2ClH.Cr/c1-14(2,3)16(15(4,5)6)17(7,8)13-11-9-10-12-13;;;;;;;/h9,11H,10H2,1-8H3;4*1H3;2*1H;/q5*-1;;;+5. The van der Waals surface area contributed by atoms with Crippen molar-refractivity contribution in [2.24, 2.45) is 0 Å². The van der Waals surface area contributed by atoms with Crippen molar-refractivity contribution in [2.45, 2.75) is 71.4 Å². The first-order chi connectivity index (χ1) is 7.47. The number of allylic oxidation sites excluding steroid dienone is 4. The maximum absolute atomic E-state index is 3.61. The third-order valence-corrected chi connectivity index (χ3v) is 16.8. The molecule has 147 valence electrons. The van der Waals surface area contributed by atoms with Gasteiger partial charge in [-0.2, -0.15) is 6.08 Å². The van der Waals surface area contributed by atoms with Crippen LogP contribution < -0.4 is 0 Å². The van der Waals surface area contributed by atoms with Crippen molar-refractivity contribution in [3.8, 4) is 0 Å². The maximum Gasteiger partial charge on any atom is 5.00 e. The zero-order valence-corrected chi connectivity index (χ0v) is 22.8. The Balaban J connectivity index is -0.0000000826. The number of hydrogen-bond donors (Lipinski definition) is 0. The van der Waals surface area contributed by atoms with Crippen molar-refractivity contribution in [1.29, 1.82) is 0 Å². The van der Waals surface area contributed by atoms with Crippen LogP contribution >= 0.6 is 32.3 Å². The van der Waals surface area contributed by atoms with E-state index in [0.717, 1.165) is 6.42 Å². The average Bonchev–Trinajstić information content (AvgIpc) is 2.46. The van der Waals surface area contributed by atoms with Crippen LogP contribution in [0.2, 0.25) is 13.1 Å². The van der Waals surface area contributed by atoms with Crippen LogP contribution in [0.5, 0.6) is 0 Å². The predicted octanol–water partition coefficient (Wildman–Crippen LogP) is 8.14.